The van der Waals surface area contributed by atoms with Crippen molar-refractivity contribution in [2.24, 2.45) is 0 Å². The predicted octanol–water partition coefficient (Wildman–Crippen LogP) is -0.317. The van der Waals surface area contributed by atoms with Crippen LogP contribution in [0.5, 0.6) is 0 Å². The van der Waals surface area contributed by atoms with Crippen LogP contribution < -0.4 is 4.72 Å². The number of aliphatic carboxylic acids is 1. The van der Waals surface area contributed by atoms with Gasteiger partial charge in [-0.2, -0.15) is 22.5 Å². The summed E-state index contributed by atoms with van der Waals surface area (Å²) in [6, 6.07) is -0.976. The Kier molecular flexibility index (Phi) is 4.17. The molecule has 0 bridgehead atoms. The van der Waals surface area contributed by atoms with Gasteiger partial charge in [-0.25, -0.2) is 0 Å². The molecule has 2 heterocycles. The monoisotopic (exact) mass is 288 g/mol. The summed E-state index contributed by atoms with van der Waals surface area (Å²) in [5.74, 6) is -1.10. The number of aromatic nitrogens is 2. The SMILES string of the molecule is O=C(O)C1CCCCN1S(=O)(=O)NCc1cn[nH]c1. The number of carbonyl (C=O) groups is 1. The zero-order valence-electron chi connectivity index (χ0n) is 10.2. The highest BCUT2D eigenvalue weighted by Gasteiger charge is 2.36. The van der Waals surface area contributed by atoms with Crippen LogP contribution in [0, 0.1) is 0 Å². The molecule has 0 radical (unpaired) electrons. The summed E-state index contributed by atoms with van der Waals surface area (Å²) in [5, 5.41) is 15.4. The van der Waals surface area contributed by atoms with Crippen molar-refractivity contribution >= 4 is 16.2 Å². The summed E-state index contributed by atoms with van der Waals surface area (Å²) >= 11 is 0. The first-order valence-electron chi connectivity index (χ1n) is 5.97. The van der Waals surface area contributed by atoms with Gasteiger partial charge in [0, 0.05) is 24.8 Å². The Hall–Kier alpha value is -1.45. The van der Waals surface area contributed by atoms with Gasteiger partial charge in [0.15, 0.2) is 0 Å². The minimum Gasteiger partial charge on any atom is -0.480 e. The molecule has 1 aliphatic rings. The molecule has 3 N–H and O–H groups in total. The van der Waals surface area contributed by atoms with Gasteiger partial charge in [-0.15, -0.1) is 0 Å². The van der Waals surface area contributed by atoms with E-state index in [0.717, 1.165) is 10.7 Å². The molecule has 9 heteroatoms. The molecule has 0 spiro atoms. The van der Waals surface area contributed by atoms with E-state index >= 15 is 0 Å². The van der Waals surface area contributed by atoms with E-state index in [9.17, 15) is 13.2 Å². The van der Waals surface area contributed by atoms with E-state index in [-0.39, 0.29) is 13.1 Å². The molecular weight excluding hydrogens is 272 g/mol. The summed E-state index contributed by atoms with van der Waals surface area (Å²) < 4.78 is 27.7. The van der Waals surface area contributed by atoms with E-state index in [0.29, 0.717) is 18.4 Å². The molecular formula is C10H16N4O4S. The van der Waals surface area contributed by atoms with Crippen molar-refractivity contribution in [2.75, 3.05) is 6.54 Å². The Morgan fingerprint density at radius 2 is 2.37 bits per heavy atom. The molecule has 8 nitrogen and oxygen atoms in total. The number of hydrogen-bond donors (Lipinski definition) is 3. The Balaban J connectivity index is 2.06. The molecule has 1 aromatic rings. The van der Waals surface area contributed by atoms with Crippen LogP contribution >= 0.6 is 0 Å². The predicted molar refractivity (Wildman–Crippen MR) is 66.3 cm³/mol. The van der Waals surface area contributed by atoms with Crippen LogP contribution in [0.1, 0.15) is 24.8 Å². The van der Waals surface area contributed by atoms with Gasteiger partial charge in [-0.1, -0.05) is 0 Å². The van der Waals surface area contributed by atoms with Crippen molar-refractivity contribution < 1.29 is 18.3 Å². The van der Waals surface area contributed by atoms with Crippen LogP contribution in [0.15, 0.2) is 12.4 Å². The fourth-order valence-electron chi connectivity index (χ4n) is 2.07. The quantitative estimate of drug-likeness (QED) is 0.687. The van der Waals surface area contributed by atoms with E-state index < -0.39 is 22.2 Å². The second-order valence-electron chi connectivity index (χ2n) is 4.39. The third-order valence-corrected chi connectivity index (χ3v) is 4.62. The van der Waals surface area contributed by atoms with Crippen molar-refractivity contribution in [3.05, 3.63) is 18.0 Å². The highest BCUT2D eigenvalue weighted by atomic mass is 32.2. The smallest absolute Gasteiger partial charge is 0.322 e. The molecule has 1 fully saturated rings. The van der Waals surface area contributed by atoms with Crippen LogP contribution in [0.3, 0.4) is 0 Å². The van der Waals surface area contributed by atoms with E-state index in [2.05, 4.69) is 14.9 Å². The largest absolute Gasteiger partial charge is 0.480 e. The lowest BCUT2D eigenvalue weighted by Crippen LogP contribution is -2.51. The fraction of sp³-hybridized carbons (Fsp3) is 0.600. The molecule has 0 aromatic carbocycles. The molecule has 1 atom stereocenters. The maximum Gasteiger partial charge on any atom is 0.322 e. The molecule has 0 saturated carbocycles. The number of hydrogen-bond acceptors (Lipinski definition) is 4. The minimum absolute atomic E-state index is 0.0850. The van der Waals surface area contributed by atoms with Gasteiger partial charge in [0.1, 0.15) is 6.04 Å². The highest BCUT2D eigenvalue weighted by Crippen LogP contribution is 2.20. The van der Waals surface area contributed by atoms with Crippen molar-refractivity contribution in [3.8, 4) is 0 Å². The molecule has 1 unspecified atom stereocenters. The van der Waals surface area contributed by atoms with E-state index in [1.165, 1.54) is 6.20 Å². The van der Waals surface area contributed by atoms with Crippen LogP contribution in [0.25, 0.3) is 0 Å². The maximum atomic E-state index is 12.1. The van der Waals surface area contributed by atoms with E-state index in [4.69, 9.17) is 5.11 Å². The average molecular weight is 288 g/mol. The number of nitrogens with one attached hydrogen (secondary N) is 2. The maximum absolute atomic E-state index is 12.1. The number of aromatic amines is 1. The molecule has 0 amide bonds. The van der Waals surface area contributed by atoms with Gasteiger partial charge in [-0.05, 0) is 19.3 Å². The van der Waals surface area contributed by atoms with Gasteiger partial charge in [0.2, 0.25) is 0 Å². The average Bonchev–Trinajstić information content (AvgIpc) is 2.89. The topological polar surface area (TPSA) is 115 Å². The number of rotatable bonds is 5. The summed E-state index contributed by atoms with van der Waals surface area (Å²) in [5.41, 5.74) is 0.687. The molecule has 1 aliphatic heterocycles. The summed E-state index contributed by atoms with van der Waals surface area (Å²) in [6.45, 7) is 0.319. The van der Waals surface area contributed by atoms with Crippen LogP contribution in [0.2, 0.25) is 0 Å². The molecule has 1 aromatic heterocycles. The summed E-state index contributed by atoms with van der Waals surface area (Å²) in [7, 11) is -3.79. The van der Waals surface area contributed by atoms with Crippen molar-refractivity contribution in [2.45, 2.75) is 31.8 Å². The third kappa shape index (κ3) is 3.31. The zero-order chi connectivity index (χ0) is 13.9. The first kappa shape index (κ1) is 14.0. The summed E-state index contributed by atoms with van der Waals surface area (Å²) in [6.07, 6.45) is 4.84. The minimum atomic E-state index is -3.79. The highest BCUT2D eigenvalue weighted by molar-refractivity contribution is 7.87. The Morgan fingerprint density at radius 3 is 3.00 bits per heavy atom. The zero-order valence-corrected chi connectivity index (χ0v) is 11.1. The van der Waals surface area contributed by atoms with Gasteiger partial charge < -0.3 is 5.11 Å². The van der Waals surface area contributed by atoms with Gasteiger partial charge in [0.25, 0.3) is 10.2 Å². The first-order valence-corrected chi connectivity index (χ1v) is 7.41. The lowest BCUT2D eigenvalue weighted by atomic mass is 10.1. The fourth-order valence-corrected chi connectivity index (χ4v) is 3.49. The molecule has 106 valence electrons. The Bertz CT molecular complexity index is 528. The number of H-pyrrole nitrogens is 1. The number of nitrogens with zero attached hydrogens (tertiary/aromatic N) is 2. The normalized spacial score (nSPS) is 21.4. The Morgan fingerprint density at radius 1 is 1.58 bits per heavy atom. The van der Waals surface area contributed by atoms with Gasteiger partial charge in [0.05, 0.1) is 6.20 Å². The van der Waals surface area contributed by atoms with Crippen molar-refractivity contribution in [1.82, 2.24) is 19.2 Å². The second-order valence-corrected chi connectivity index (χ2v) is 6.10. The number of carboxylic acids is 1. The molecule has 19 heavy (non-hydrogen) atoms. The number of piperidine rings is 1. The second kappa shape index (κ2) is 5.68. The third-order valence-electron chi connectivity index (χ3n) is 3.06. The Labute approximate surface area is 111 Å². The lowest BCUT2D eigenvalue weighted by molar-refractivity contribution is -0.142. The van der Waals surface area contributed by atoms with Gasteiger partial charge in [-0.3, -0.25) is 9.89 Å². The lowest BCUT2D eigenvalue weighted by Gasteiger charge is -2.31. The first-order chi connectivity index (χ1) is 9.00. The van der Waals surface area contributed by atoms with Crippen LogP contribution in [0.4, 0.5) is 0 Å². The molecule has 2 rings (SSSR count). The van der Waals surface area contributed by atoms with E-state index in [1.807, 2.05) is 0 Å². The van der Waals surface area contributed by atoms with Crippen molar-refractivity contribution in [3.63, 3.8) is 0 Å². The van der Waals surface area contributed by atoms with Gasteiger partial charge >= 0.3 is 5.97 Å². The molecule has 0 aliphatic carbocycles. The standard InChI is InChI=1S/C10H16N4O4S/c15-10(16)9-3-1-2-4-14(9)19(17,18)13-7-8-5-11-12-6-8/h5-6,9,13H,1-4,7H2,(H,11,12)(H,15,16). The number of carboxylic acid groups (broad SMARTS) is 1. The van der Waals surface area contributed by atoms with E-state index in [1.54, 1.807) is 6.20 Å². The van der Waals surface area contributed by atoms with Crippen molar-refractivity contribution in [1.29, 1.82) is 0 Å². The molecule has 1 saturated heterocycles. The summed E-state index contributed by atoms with van der Waals surface area (Å²) in [4.78, 5) is 11.1. The van der Waals surface area contributed by atoms with Crippen LogP contribution in [-0.2, 0) is 21.5 Å². The van der Waals surface area contributed by atoms with Crippen LogP contribution in [-0.4, -0.2) is 46.6 Å².